The highest BCUT2D eigenvalue weighted by molar-refractivity contribution is 5.88. The zero-order chi connectivity index (χ0) is 21.1. The average molecular weight is 410 g/mol. The highest BCUT2D eigenvalue weighted by Crippen LogP contribution is 2.34. The zero-order valence-electron chi connectivity index (χ0n) is 18.3. The molecule has 1 amide bonds. The first-order chi connectivity index (χ1) is 14.5. The summed E-state index contributed by atoms with van der Waals surface area (Å²) in [5.74, 6) is 2.59. The van der Waals surface area contributed by atoms with Gasteiger partial charge in [0.25, 0.3) is 0 Å². The maximum Gasteiger partial charge on any atom is 0.407 e. The quantitative estimate of drug-likeness (QED) is 0.612. The van der Waals surface area contributed by atoms with Crippen molar-refractivity contribution in [3.8, 4) is 5.75 Å². The molecule has 4 heteroatoms. The predicted octanol–water partition coefficient (Wildman–Crippen LogP) is 6.51. The highest BCUT2D eigenvalue weighted by atomic mass is 16.5. The van der Waals surface area contributed by atoms with Gasteiger partial charge in [-0.25, -0.2) is 4.79 Å². The van der Waals surface area contributed by atoms with Gasteiger partial charge in [0.05, 0.1) is 6.10 Å². The van der Waals surface area contributed by atoms with Crippen molar-refractivity contribution in [1.29, 1.82) is 0 Å². The third-order valence-electron chi connectivity index (χ3n) is 7.20. The van der Waals surface area contributed by atoms with Gasteiger partial charge >= 0.3 is 6.09 Å². The lowest BCUT2D eigenvalue weighted by atomic mass is 9.80. The van der Waals surface area contributed by atoms with Gasteiger partial charge < -0.3 is 14.7 Å². The third kappa shape index (κ3) is 4.74. The van der Waals surface area contributed by atoms with E-state index in [4.69, 9.17) is 4.74 Å². The topological polar surface area (TPSA) is 49.8 Å². The summed E-state index contributed by atoms with van der Waals surface area (Å²) in [4.78, 5) is 13.2. The molecular weight excluding hydrogens is 374 g/mol. The molecule has 2 fully saturated rings. The number of carbonyl (C=O) groups is 1. The van der Waals surface area contributed by atoms with Crippen LogP contribution in [0.5, 0.6) is 5.75 Å². The van der Waals surface area contributed by atoms with Crippen LogP contribution in [0.4, 0.5) is 4.79 Å². The van der Waals surface area contributed by atoms with Gasteiger partial charge in [0, 0.05) is 18.0 Å². The van der Waals surface area contributed by atoms with Crippen molar-refractivity contribution in [2.75, 3.05) is 6.54 Å². The Hall–Kier alpha value is -2.23. The third-order valence-corrected chi connectivity index (χ3v) is 7.20. The fourth-order valence-electron chi connectivity index (χ4n) is 5.32. The molecule has 1 saturated carbocycles. The molecule has 1 unspecified atom stereocenters. The first kappa shape index (κ1) is 21.0. The lowest BCUT2D eigenvalue weighted by molar-refractivity contribution is 0.106. The van der Waals surface area contributed by atoms with Crippen LogP contribution >= 0.6 is 0 Å². The number of fused-ring (bicyclic) bond motifs is 1. The Labute approximate surface area is 180 Å². The van der Waals surface area contributed by atoms with E-state index in [1.54, 1.807) is 4.90 Å². The second kappa shape index (κ2) is 9.28. The van der Waals surface area contributed by atoms with Crippen LogP contribution in [-0.2, 0) is 6.42 Å². The summed E-state index contributed by atoms with van der Waals surface area (Å²) in [6.07, 6.45) is 8.16. The monoisotopic (exact) mass is 409 g/mol. The van der Waals surface area contributed by atoms with Crippen LogP contribution in [0, 0.1) is 11.8 Å². The minimum Gasteiger partial charge on any atom is -0.490 e. The first-order valence-electron chi connectivity index (χ1n) is 11.7. The van der Waals surface area contributed by atoms with Gasteiger partial charge in [-0.2, -0.15) is 0 Å². The van der Waals surface area contributed by atoms with Gasteiger partial charge in [-0.1, -0.05) is 44.2 Å². The number of likely N-dealkylation sites (tertiary alicyclic amines) is 1. The molecule has 1 saturated heterocycles. The Morgan fingerprint density at radius 3 is 2.63 bits per heavy atom. The van der Waals surface area contributed by atoms with Gasteiger partial charge in [0.1, 0.15) is 5.75 Å². The van der Waals surface area contributed by atoms with Crippen molar-refractivity contribution >= 4 is 16.9 Å². The van der Waals surface area contributed by atoms with Crippen LogP contribution in [0.3, 0.4) is 0 Å². The second-order valence-electron chi connectivity index (χ2n) is 9.54. The molecule has 4 nitrogen and oxygen atoms in total. The number of hydrogen-bond acceptors (Lipinski definition) is 2. The van der Waals surface area contributed by atoms with Gasteiger partial charge in [-0.05, 0) is 80.2 Å². The number of nitrogens with zero attached hydrogens (tertiary/aromatic N) is 1. The largest absolute Gasteiger partial charge is 0.490 e. The number of carboxylic acid groups (broad SMARTS) is 1. The van der Waals surface area contributed by atoms with Crippen LogP contribution in [0.2, 0.25) is 0 Å². The molecule has 1 atom stereocenters. The lowest BCUT2D eigenvalue weighted by Gasteiger charge is -2.33. The summed E-state index contributed by atoms with van der Waals surface area (Å²) in [7, 11) is 0. The van der Waals surface area contributed by atoms with Crippen molar-refractivity contribution in [1.82, 2.24) is 4.90 Å². The molecule has 0 aromatic heterocycles. The number of benzene rings is 2. The normalized spacial score (nSPS) is 24.9. The van der Waals surface area contributed by atoms with E-state index < -0.39 is 6.09 Å². The number of ether oxygens (including phenoxy) is 1. The minimum absolute atomic E-state index is 0.0873. The summed E-state index contributed by atoms with van der Waals surface area (Å²) >= 11 is 0. The first-order valence-corrected chi connectivity index (χ1v) is 11.7. The minimum atomic E-state index is -0.789. The fourth-order valence-corrected chi connectivity index (χ4v) is 5.32. The second-order valence-corrected chi connectivity index (χ2v) is 9.54. The van der Waals surface area contributed by atoms with Crippen LogP contribution in [0.25, 0.3) is 10.8 Å². The van der Waals surface area contributed by atoms with E-state index in [2.05, 4.69) is 50.2 Å². The van der Waals surface area contributed by atoms with Gasteiger partial charge in [-0.3, -0.25) is 0 Å². The molecule has 162 valence electrons. The Morgan fingerprint density at radius 2 is 1.90 bits per heavy atom. The van der Waals surface area contributed by atoms with Crippen LogP contribution in [-0.4, -0.2) is 34.8 Å². The molecule has 4 rings (SSSR count). The molecule has 2 aromatic carbocycles. The van der Waals surface area contributed by atoms with Crippen LogP contribution in [0.15, 0.2) is 36.4 Å². The Morgan fingerprint density at radius 1 is 1.10 bits per heavy atom. The van der Waals surface area contributed by atoms with Gasteiger partial charge in [-0.15, -0.1) is 0 Å². The van der Waals surface area contributed by atoms with Crippen molar-refractivity contribution in [3.05, 3.63) is 42.0 Å². The van der Waals surface area contributed by atoms with E-state index in [9.17, 15) is 9.90 Å². The van der Waals surface area contributed by atoms with Crippen molar-refractivity contribution in [2.24, 2.45) is 11.8 Å². The maximum atomic E-state index is 11.6. The molecule has 0 radical (unpaired) electrons. The molecule has 2 aromatic rings. The SMILES string of the molecule is CC(C)C1CCC(Oc2cccc3cc(CC4CCCCN4C(=O)O)ccc23)CC1. The smallest absolute Gasteiger partial charge is 0.407 e. The Bertz CT molecular complexity index is 870. The Balaban J connectivity index is 1.46. The van der Waals surface area contributed by atoms with E-state index in [0.717, 1.165) is 61.5 Å². The Kier molecular flexibility index (Phi) is 6.50. The number of amides is 1. The molecule has 1 aliphatic heterocycles. The summed E-state index contributed by atoms with van der Waals surface area (Å²) in [5, 5.41) is 11.8. The average Bonchev–Trinajstić information content (AvgIpc) is 2.74. The van der Waals surface area contributed by atoms with Gasteiger partial charge in [0.15, 0.2) is 0 Å². The molecule has 1 aliphatic carbocycles. The molecule has 2 aliphatic rings. The molecule has 1 heterocycles. The van der Waals surface area contributed by atoms with Crippen molar-refractivity contribution in [2.45, 2.75) is 77.4 Å². The number of rotatable bonds is 5. The van der Waals surface area contributed by atoms with E-state index >= 15 is 0 Å². The fraction of sp³-hybridized carbons (Fsp3) is 0.577. The summed E-state index contributed by atoms with van der Waals surface area (Å²) in [6.45, 7) is 5.32. The maximum absolute atomic E-state index is 11.6. The number of piperidine rings is 1. The van der Waals surface area contributed by atoms with Crippen molar-refractivity contribution < 1.29 is 14.6 Å². The standard InChI is InChI=1S/C26H35NO3/c1-18(2)20-10-12-23(13-11-20)30-25-8-5-6-21-16-19(9-14-24(21)25)17-22-7-3-4-15-27(22)26(28)29/h5-6,8-9,14,16,18,20,22-23H,3-4,7,10-13,15,17H2,1-2H3,(H,28,29). The van der Waals surface area contributed by atoms with E-state index in [1.165, 1.54) is 23.8 Å². The zero-order valence-corrected chi connectivity index (χ0v) is 18.3. The van der Waals surface area contributed by atoms with E-state index in [-0.39, 0.29) is 6.04 Å². The highest BCUT2D eigenvalue weighted by Gasteiger charge is 2.27. The van der Waals surface area contributed by atoms with E-state index in [0.29, 0.717) is 12.6 Å². The molecule has 1 N–H and O–H groups in total. The van der Waals surface area contributed by atoms with Crippen LogP contribution in [0.1, 0.15) is 64.4 Å². The summed E-state index contributed by atoms with van der Waals surface area (Å²) < 4.78 is 6.45. The number of hydrogen-bond donors (Lipinski definition) is 1. The lowest BCUT2D eigenvalue weighted by Crippen LogP contribution is -2.44. The summed E-state index contributed by atoms with van der Waals surface area (Å²) in [6, 6.07) is 12.9. The van der Waals surface area contributed by atoms with Gasteiger partial charge in [0.2, 0.25) is 0 Å². The summed E-state index contributed by atoms with van der Waals surface area (Å²) in [5.41, 5.74) is 1.20. The van der Waals surface area contributed by atoms with Crippen LogP contribution < -0.4 is 4.74 Å². The molecular formula is C26H35NO3. The molecule has 0 bridgehead atoms. The van der Waals surface area contributed by atoms with E-state index in [1.807, 2.05) is 0 Å². The molecule has 30 heavy (non-hydrogen) atoms. The molecule has 0 spiro atoms. The van der Waals surface area contributed by atoms with Crippen molar-refractivity contribution in [3.63, 3.8) is 0 Å². The predicted molar refractivity (Wildman–Crippen MR) is 121 cm³/mol.